The van der Waals surface area contributed by atoms with Crippen LogP contribution < -0.4 is 0 Å². The molecule has 5 nitrogen and oxygen atoms in total. The first-order valence-corrected chi connectivity index (χ1v) is 11.1. The molecule has 1 saturated heterocycles. The van der Waals surface area contributed by atoms with Gasteiger partial charge in [0.15, 0.2) is 0 Å². The molecule has 4 rings (SSSR count). The van der Waals surface area contributed by atoms with E-state index in [2.05, 4.69) is 17.0 Å². The van der Waals surface area contributed by atoms with E-state index in [-0.39, 0.29) is 17.7 Å². The molecule has 2 heterocycles. The summed E-state index contributed by atoms with van der Waals surface area (Å²) in [5.74, 6) is 0.260. The number of rotatable bonds is 4. The first-order chi connectivity index (χ1) is 14.2. The summed E-state index contributed by atoms with van der Waals surface area (Å²) in [6.45, 7) is 2.93. The summed E-state index contributed by atoms with van der Waals surface area (Å²) in [6, 6.07) is 20.1. The predicted octanol–water partition coefficient (Wildman–Crippen LogP) is 3.71. The number of carbonyl (C=O) groups excluding carboxylic acids is 1. The molecular weight excluding hydrogens is 402 g/mol. The van der Waals surface area contributed by atoms with Gasteiger partial charge in [0.2, 0.25) is 0 Å². The number of ether oxygens (including phenoxy) is 1. The van der Waals surface area contributed by atoms with Gasteiger partial charge in [-0.2, -0.15) is 5.10 Å². The minimum absolute atomic E-state index is 0.0228. The van der Waals surface area contributed by atoms with Gasteiger partial charge >= 0.3 is 0 Å². The van der Waals surface area contributed by atoms with E-state index in [0.717, 1.165) is 34.2 Å². The number of morpholine rings is 1. The number of carbonyl (C=O) groups is 1. The summed E-state index contributed by atoms with van der Waals surface area (Å²) in [5, 5.41) is 6.36. The van der Waals surface area contributed by atoms with E-state index in [4.69, 9.17) is 22.1 Å². The van der Waals surface area contributed by atoms with Gasteiger partial charge in [-0.3, -0.25) is 4.79 Å². The fraction of sp³-hybridized carbons (Fsp3) is 0.318. The minimum Gasteiger partial charge on any atom is -0.378 e. The van der Waals surface area contributed by atoms with Crippen LogP contribution in [0.2, 0.25) is 0 Å². The first-order valence-electron chi connectivity index (χ1n) is 9.72. The van der Waals surface area contributed by atoms with Crippen LogP contribution in [0.5, 0.6) is 0 Å². The molecule has 0 spiro atoms. The second kappa shape index (κ2) is 9.52. The minimum atomic E-state index is -0.0866. The Balaban J connectivity index is 1.48. The highest BCUT2D eigenvalue weighted by atomic mass is 32.2. The molecule has 0 aliphatic carbocycles. The zero-order valence-corrected chi connectivity index (χ0v) is 17.7. The van der Waals surface area contributed by atoms with Crippen molar-refractivity contribution in [3.8, 4) is 0 Å². The van der Waals surface area contributed by atoms with Gasteiger partial charge in [-0.05, 0) is 11.1 Å². The van der Waals surface area contributed by atoms with Crippen LogP contribution in [0.25, 0.3) is 0 Å². The highest BCUT2D eigenvalue weighted by Gasteiger charge is 2.33. The largest absolute Gasteiger partial charge is 0.378 e. The lowest BCUT2D eigenvalue weighted by Gasteiger charge is -2.29. The summed E-state index contributed by atoms with van der Waals surface area (Å²) >= 11 is 6.93. The van der Waals surface area contributed by atoms with E-state index in [1.54, 1.807) is 5.01 Å². The van der Waals surface area contributed by atoms with Gasteiger partial charge in [0.25, 0.3) is 5.91 Å². The first kappa shape index (κ1) is 20.1. The quantitative estimate of drug-likeness (QED) is 0.699. The smallest absolute Gasteiger partial charge is 0.253 e. The number of benzene rings is 2. The molecule has 2 aromatic carbocycles. The van der Waals surface area contributed by atoms with Crippen molar-refractivity contribution in [2.45, 2.75) is 12.5 Å². The lowest BCUT2D eigenvalue weighted by molar-refractivity contribution is -0.130. The van der Waals surface area contributed by atoms with E-state index in [1.165, 1.54) is 11.8 Å². The molecule has 1 atom stereocenters. The third-order valence-electron chi connectivity index (χ3n) is 5.05. The van der Waals surface area contributed by atoms with Crippen LogP contribution in [0, 0.1) is 0 Å². The number of hydrazone groups is 1. The fourth-order valence-corrected chi connectivity index (χ4v) is 4.61. The number of nitrogens with zero attached hydrogens (tertiary/aromatic N) is 3. The molecule has 2 aliphatic rings. The van der Waals surface area contributed by atoms with Crippen molar-refractivity contribution in [2.75, 3.05) is 32.1 Å². The van der Waals surface area contributed by atoms with Crippen LogP contribution in [0.1, 0.15) is 23.6 Å². The fourth-order valence-electron chi connectivity index (χ4n) is 3.51. The Hall–Kier alpha value is -2.22. The molecular formula is C22H23N3O2S2. The van der Waals surface area contributed by atoms with Crippen LogP contribution in [0.3, 0.4) is 0 Å². The average Bonchev–Trinajstić information content (AvgIpc) is 3.25. The van der Waals surface area contributed by atoms with Crippen LogP contribution >= 0.6 is 24.0 Å². The van der Waals surface area contributed by atoms with Gasteiger partial charge < -0.3 is 9.64 Å². The highest BCUT2D eigenvalue weighted by Crippen LogP contribution is 2.33. The molecule has 0 radical (unpaired) electrons. The third kappa shape index (κ3) is 4.86. The van der Waals surface area contributed by atoms with Crippen molar-refractivity contribution >= 4 is 39.9 Å². The van der Waals surface area contributed by atoms with Crippen LogP contribution in [0.15, 0.2) is 65.8 Å². The van der Waals surface area contributed by atoms with E-state index in [0.29, 0.717) is 19.6 Å². The van der Waals surface area contributed by atoms with Gasteiger partial charge in [-0.1, -0.05) is 84.6 Å². The van der Waals surface area contributed by atoms with Gasteiger partial charge in [-0.25, -0.2) is 5.01 Å². The maximum absolute atomic E-state index is 13.1. The van der Waals surface area contributed by atoms with Crippen LogP contribution in [0.4, 0.5) is 0 Å². The van der Waals surface area contributed by atoms with Crippen LogP contribution in [-0.4, -0.2) is 57.9 Å². The monoisotopic (exact) mass is 425 g/mol. The molecule has 0 N–H and O–H groups in total. The van der Waals surface area contributed by atoms with Crippen molar-refractivity contribution in [3.05, 3.63) is 71.8 Å². The Morgan fingerprint density at radius 2 is 1.72 bits per heavy atom. The van der Waals surface area contributed by atoms with E-state index >= 15 is 0 Å². The summed E-state index contributed by atoms with van der Waals surface area (Å²) < 4.78 is 6.12. The summed E-state index contributed by atoms with van der Waals surface area (Å²) in [6.07, 6.45) is 0.707. The van der Waals surface area contributed by atoms with Gasteiger partial charge in [0.1, 0.15) is 4.32 Å². The molecule has 1 fully saturated rings. The summed E-state index contributed by atoms with van der Waals surface area (Å²) in [4.78, 5) is 15.2. The van der Waals surface area contributed by atoms with E-state index in [1.807, 2.05) is 48.5 Å². The molecule has 1 unspecified atom stereocenters. The van der Waals surface area contributed by atoms with Gasteiger partial charge in [0, 0.05) is 19.5 Å². The topological polar surface area (TPSA) is 45.1 Å². The Labute approximate surface area is 180 Å². The molecule has 150 valence electrons. The molecule has 0 aromatic heterocycles. The Bertz CT molecular complexity index is 883. The molecule has 0 bridgehead atoms. The second-order valence-electron chi connectivity index (χ2n) is 6.94. The maximum atomic E-state index is 13.1. The lowest BCUT2D eigenvalue weighted by atomic mass is 9.98. The average molecular weight is 426 g/mol. The molecule has 7 heteroatoms. The third-order valence-corrected chi connectivity index (χ3v) is 6.55. The summed E-state index contributed by atoms with van der Waals surface area (Å²) in [7, 11) is 0. The number of hydrogen-bond donors (Lipinski definition) is 0. The van der Waals surface area contributed by atoms with Crippen molar-refractivity contribution in [2.24, 2.45) is 5.10 Å². The molecule has 0 saturated carbocycles. The van der Waals surface area contributed by atoms with E-state index in [9.17, 15) is 4.79 Å². The standard InChI is InChI=1S/C22H23N3O2S2/c26-21(16-29-22(28)24-11-13-27-14-12-24)25-20(18-9-5-2-6-10-18)15-19(23-25)17-7-3-1-4-8-17/h1-10,20H,11-16H2. The maximum Gasteiger partial charge on any atom is 0.253 e. The predicted molar refractivity (Wildman–Crippen MR) is 121 cm³/mol. The Morgan fingerprint density at radius 3 is 2.41 bits per heavy atom. The number of hydrogen-bond acceptors (Lipinski definition) is 5. The number of thiocarbonyl (C=S) groups is 1. The zero-order chi connectivity index (χ0) is 20.1. The SMILES string of the molecule is O=C(CSC(=S)N1CCOCC1)N1N=C(c2ccccc2)CC1c1ccccc1. The molecule has 29 heavy (non-hydrogen) atoms. The highest BCUT2D eigenvalue weighted by molar-refractivity contribution is 8.23. The zero-order valence-electron chi connectivity index (χ0n) is 16.1. The molecule has 2 aliphatic heterocycles. The van der Waals surface area contributed by atoms with Gasteiger partial charge in [-0.15, -0.1) is 0 Å². The van der Waals surface area contributed by atoms with Gasteiger partial charge in [0.05, 0.1) is 30.7 Å². The van der Waals surface area contributed by atoms with Crippen LogP contribution in [-0.2, 0) is 9.53 Å². The number of thioether (sulfide) groups is 1. The van der Waals surface area contributed by atoms with Crippen molar-refractivity contribution in [1.82, 2.24) is 9.91 Å². The molecule has 2 aromatic rings. The van der Waals surface area contributed by atoms with E-state index < -0.39 is 0 Å². The summed E-state index contributed by atoms with van der Waals surface area (Å²) in [5.41, 5.74) is 3.09. The Morgan fingerprint density at radius 1 is 1.07 bits per heavy atom. The molecule has 1 amide bonds. The second-order valence-corrected chi connectivity index (χ2v) is 8.54. The van der Waals surface area contributed by atoms with Crippen molar-refractivity contribution < 1.29 is 9.53 Å². The van der Waals surface area contributed by atoms with Crippen molar-refractivity contribution in [3.63, 3.8) is 0 Å². The van der Waals surface area contributed by atoms with Crippen molar-refractivity contribution in [1.29, 1.82) is 0 Å². The number of amides is 1. The Kier molecular flexibility index (Phi) is 6.59. The lowest BCUT2D eigenvalue weighted by Crippen LogP contribution is -2.39. The normalized spacial score (nSPS) is 19.2.